The Kier molecular flexibility index (Phi) is 5.67. The molecular formula is C25H31N3S. The Morgan fingerprint density at radius 2 is 1.83 bits per heavy atom. The average molecular weight is 406 g/mol. The number of hydrogen-bond donors (Lipinski definition) is 1. The van der Waals surface area contributed by atoms with Gasteiger partial charge in [-0.1, -0.05) is 24.3 Å². The molecule has 0 amide bonds. The number of fused-ring (bicyclic) bond motifs is 1. The maximum atomic E-state index is 3.64. The van der Waals surface area contributed by atoms with Crippen molar-refractivity contribution in [3.8, 4) is 11.1 Å². The number of likely N-dealkylation sites (tertiary alicyclic amines) is 1. The van der Waals surface area contributed by atoms with Gasteiger partial charge in [-0.15, -0.1) is 0 Å². The van der Waals surface area contributed by atoms with Crippen molar-refractivity contribution in [2.45, 2.75) is 38.9 Å². The van der Waals surface area contributed by atoms with Crippen LogP contribution in [0.4, 0.5) is 0 Å². The van der Waals surface area contributed by atoms with Gasteiger partial charge in [-0.2, -0.15) is 11.8 Å². The Morgan fingerprint density at radius 1 is 0.966 bits per heavy atom. The normalized spacial score (nSPS) is 21.2. The molecule has 152 valence electrons. The summed E-state index contributed by atoms with van der Waals surface area (Å²) in [5.41, 5.74) is 6.65. The molecule has 0 radical (unpaired) electrons. The summed E-state index contributed by atoms with van der Waals surface area (Å²) in [6.45, 7) is 8.10. The third kappa shape index (κ3) is 4.40. The Labute approximate surface area is 178 Å². The fraction of sp³-hybridized carbons (Fsp3) is 0.440. The molecule has 3 heterocycles. The lowest BCUT2D eigenvalue weighted by molar-refractivity contribution is 0.258. The number of nitrogens with one attached hydrogen (secondary N) is 1. The van der Waals surface area contributed by atoms with E-state index in [1.807, 2.05) is 0 Å². The van der Waals surface area contributed by atoms with Crippen LogP contribution in [-0.4, -0.2) is 52.0 Å². The quantitative estimate of drug-likeness (QED) is 0.617. The van der Waals surface area contributed by atoms with Gasteiger partial charge in [0.15, 0.2) is 0 Å². The molecule has 29 heavy (non-hydrogen) atoms. The van der Waals surface area contributed by atoms with Gasteiger partial charge in [0.25, 0.3) is 0 Å². The number of aromatic nitrogens is 1. The van der Waals surface area contributed by atoms with Crippen molar-refractivity contribution < 1.29 is 0 Å². The van der Waals surface area contributed by atoms with Crippen LogP contribution >= 0.6 is 11.8 Å². The molecule has 1 unspecified atom stereocenters. The van der Waals surface area contributed by atoms with E-state index in [-0.39, 0.29) is 0 Å². The molecule has 0 aliphatic carbocycles. The first-order chi connectivity index (χ1) is 14.2. The molecule has 2 aromatic carbocycles. The van der Waals surface area contributed by atoms with Crippen LogP contribution in [0.3, 0.4) is 0 Å². The second-order valence-corrected chi connectivity index (χ2v) is 9.87. The number of hydrogen-bond acceptors (Lipinski definition) is 3. The standard InChI is InChI=1S/C25H31N3S/c1-19-4-3-9-28(19)18-24-16-23-15-22(7-8-25(23)26-24)21-6-2-5-20(14-21)17-27-10-12-29-13-11-27/h2,5-8,14-16,19,26H,3-4,9-13,17-18H2,1H3. The van der Waals surface area contributed by atoms with Crippen LogP contribution in [0.2, 0.25) is 0 Å². The Hall–Kier alpha value is -1.75. The second kappa shape index (κ2) is 8.55. The molecule has 3 nitrogen and oxygen atoms in total. The number of thioether (sulfide) groups is 1. The number of H-pyrrole nitrogens is 1. The summed E-state index contributed by atoms with van der Waals surface area (Å²) in [5.74, 6) is 2.53. The fourth-order valence-corrected chi connectivity index (χ4v) is 5.75. The number of rotatable bonds is 5. The lowest BCUT2D eigenvalue weighted by Crippen LogP contribution is -2.31. The molecule has 2 fully saturated rings. The molecule has 2 aliphatic heterocycles. The van der Waals surface area contributed by atoms with E-state index in [2.05, 4.69) is 82.0 Å². The van der Waals surface area contributed by atoms with Crippen molar-refractivity contribution in [3.63, 3.8) is 0 Å². The summed E-state index contributed by atoms with van der Waals surface area (Å²) < 4.78 is 0. The summed E-state index contributed by atoms with van der Waals surface area (Å²) >= 11 is 2.07. The maximum absolute atomic E-state index is 3.64. The van der Waals surface area contributed by atoms with Crippen LogP contribution in [0.25, 0.3) is 22.0 Å². The fourth-order valence-electron chi connectivity index (χ4n) is 4.77. The molecule has 0 spiro atoms. The summed E-state index contributed by atoms with van der Waals surface area (Å²) in [4.78, 5) is 8.81. The van der Waals surface area contributed by atoms with E-state index in [1.165, 1.54) is 77.3 Å². The molecule has 1 N–H and O–H groups in total. The van der Waals surface area contributed by atoms with Gasteiger partial charge < -0.3 is 4.98 Å². The lowest BCUT2D eigenvalue weighted by Gasteiger charge is -2.26. The van der Waals surface area contributed by atoms with E-state index in [1.54, 1.807) is 0 Å². The summed E-state index contributed by atoms with van der Waals surface area (Å²) in [6.07, 6.45) is 2.66. The van der Waals surface area contributed by atoms with Gasteiger partial charge in [-0.05, 0) is 67.3 Å². The highest BCUT2D eigenvalue weighted by Gasteiger charge is 2.20. The van der Waals surface area contributed by atoms with Crippen LogP contribution in [-0.2, 0) is 13.1 Å². The maximum Gasteiger partial charge on any atom is 0.0456 e. The zero-order valence-corrected chi connectivity index (χ0v) is 18.2. The smallest absolute Gasteiger partial charge is 0.0456 e. The van der Waals surface area contributed by atoms with Crippen molar-refractivity contribution in [1.82, 2.24) is 14.8 Å². The highest BCUT2D eigenvalue weighted by Crippen LogP contribution is 2.27. The SMILES string of the molecule is CC1CCCN1Cc1cc2cc(-c3cccc(CN4CCSCC4)c3)ccc2[nH]1. The predicted molar refractivity (Wildman–Crippen MR) is 125 cm³/mol. The van der Waals surface area contributed by atoms with E-state index in [4.69, 9.17) is 0 Å². The molecule has 3 aromatic rings. The van der Waals surface area contributed by atoms with Crippen LogP contribution in [0.15, 0.2) is 48.5 Å². The van der Waals surface area contributed by atoms with Gasteiger partial charge >= 0.3 is 0 Å². The van der Waals surface area contributed by atoms with E-state index >= 15 is 0 Å². The van der Waals surface area contributed by atoms with Gasteiger partial charge in [0, 0.05) is 60.3 Å². The minimum atomic E-state index is 0.707. The molecule has 4 heteroatoms. The van der Waals surface area contributed by atoms with Crippen molar-refractivity contribution in [2.24, 2.45) is 0 Å². The summed E-state index contributed by atoms with van der Waals surface area (Å²) in [7, 11) is 0. The molecule has 2 saturated heterocycles. The van der Waals surface area contributed by atoms with Crippen molar-refractivity contribution in [2.75, 3.05) is 31.1 Å². The Morgan fingerprint density at radius 3 is 2.66 bits per heavy atom. The predicted octanol–water partition coefficient (Wildman–Crippen LogP) is 5.37. The van der Waals surface area contributed by atoms with Gasteiger partial charge in [-0.25, -0.2) is 0 Å². The molecule has 2 aliphatic rings. The second-order valence-electron chi connectivity index (χ2n) is 8.65. The largest absolute Gasteiger partial charge is 0.357 e. The van der Waals surface area contributed by atoms with E-state index in [0.29, 0.717) is 6.04 Å². The lowest BCUT2D eigenvalue weighted by atomic mass is 10.0. The highest BCUT2D eigenvalue weighted by molar-refractivity contribution is 7.99. The first-order valence-electron chi connectivity index (χ1n) is 11.0. The van der Waals surface area contributed by atoms with Gasteiger partial charge in [0.2, 0.25) is 0 Å². The third-order valence-electron chi connectivity index (χ3n) is 6.51. The van der Waals surface area contributed by atoms with Crippen LogP contribution in [0.5, 0.6) is 0 Å². The van der Waals surface area contributed by atoms with Crippen molar-refractivity contribution in [3.05, 3.63) is 59.8 Å². The molecule has 5 rings (SSSR count). The zero-order valence-electron chi connectivity index (χ0n) is 17.4. The van der Waals surface area contributed by atoms with Crippen molar-refractivity contribution >= 4 is 22.7 Å². The van der Waals surface area contributed by atoms with Crippen LogP contribution < -0.4 is 0 Å². The topological polar surface area (TPSA) is 22.3 Å². The molecule has 0 saturated carbocycles. The van der Waals surface area contributed by atoms with Gasteiger partial charge in [0.1, 0.15) is 0 Å². The van der Waals surface area contributed by atoms with E-state index < -0.39 is 0 Å². The van der Waals surface area contributed by atoms with Crippen LogP contribution in [0.1, 0.15) is 31.0 Å². The van der Waals surface area contributed by atoms with E-state index in [9.17, 15) is 0 Å². The van der Waals surface area contributed by atoms with Crippen LogP contribution in [0, 0.1) is 0 Å². The molecule has 1 atom stereocenters. The van der Waals surface area contributed by atoms with Gasteiger partial charge in [0.05, 0.1) is 0 Å². The van der Waals surface area contributed by atoms with Crippen molar-refractivity contribution in [1.29, 1.82) is 0 Å². The third-order valence-corrected chi connectivity index (χ3v) is 7.45. The first-order valence-corrected chi connectivity index (χ1v) is 12.2. The summed E-state index contributed by atoms with van der Waals surface area (Å²) in [5, 5.41) is 1.32. The minimum absolute atomic E-state index is 0.707. The summed E-state index contributed by atoms with van der Waals surface area (Å²) in [6, 6.07) is 19.0. The number of nitrogens with zero attached hydrogens (tertiary/aromatic N) is 2. The zero-order chi connectivity index (χ0) is 19.6. The number of aromatic amines is 1. The molecule has 0 bridgehead atoms. The first kappa shape index (κ1) is 19.2. The Balaban J connectivity index is 1.35. The van der Waals surface area contributed by atoms with Gasteiger partial charge in [-0.3, -0.25) is 9.80 Å². The highest BCUT2D eigenvalue weighted by atomic mass is 32.2. The number of benzene rings is 2. The monoisotopic (exact) mass is 405 g/mol. The molecular weight excluding hydrogens is 374 g/mol. The Bertz CT molecular complexity index is 973. The molecule has 1 aromatic heterocycles. The average Bonchev–Trinajstić information content (AvgIpc) is 3.34. The minimum Gasteiger partial charge on any atom is -0.357 e. The van der Waals surface area contributed by atoms with E-state index in [0.717, 1.165) is 13.1 Å².